The summed E-state index contributed by atoms with van der Waals surface area (Å²) in [5.74, 6) is 0. The van der Waals surface area contributed by atoms with E-state index in [-0.39, 0.29) is 0 Å². The number of nitrogens with zero attached hydrogens (tertiary/aromatic N) is 1. The number of pyridine rings is 1. The number of aromatic nitrogens is 1. The predicted molar refractivity (Wildman–Crippen MR) is 74.9 cm³/mol. The fraction of sp³-hybridized carbons (Fsp3) is 0.0833. The lowest BCUT2D eigenvalue weighted by Gasteiger charge is -2.04. The van der Waals surface area contributed by atoms with Gasteiger partial charge < -0.3 is 0 Å². The molecule has 0 N–H and O–H groups in total. The highest BCUT2D eigenvalue weighted by Crippen LogP contribution is 2.32. The number of rotatable bonds is 2. The van der Waals surface area contributed by atoms with Crippen molar-refractivity contribution >= 4 is 43.6 Å². The van der Waals surface area contributed by atoms with E-state index in [4.69, 9.17) is 0 Å². The Morgan fingerprint density at radius 2 is 1.81 bits per heavy atom. The standard InChI is InChI=1S/C12H9Br2NS/c1-8-2-4-10(5-3-8)16-12-11(14)6-9(13)7-15-12/h2-7H,1H3. The van der Waals surface area contributed by atoms with Crippen LogP contribution < -0.4 is 0 Å². The van der Waals surface area contributed by atoms with Crippen LogP contribution in [0.3, 0.4) is 0 Å². The maximum absolute atomic E-state index is 4.36. The van der Waals surface area contributed by atoms with Crippen LogP contribution in [0.5, 0.6) is 0 Å². The third-order valence-electron chi connectivity index (χ3n) is 2.01. The minimum atomic E-state index is 0.979. The number of hydrogen-bond donors (Lipinski definition) is 0. The molecule has 0 unspecified atom stereocenters. The molecule has 16 heavy (non-hydrogen) atoms. The minimum Gasteiger partial charge on any atom is -0.247 e. The summed E-state index contributed by atoms with van der Waals surface area (Å²) in [5, 5.41) is 0.979. The third kappa shape index (κ3) is 3.09. The van der Waals surface area contributed by atoms with Crippen LogP contribution in [0.25, 0.3) is 0 Å². The van der Waals surface area contributed by atoms with Crippen molar-refractivity contribution in [3.63, 3.8) is 0 Å². The minimum absolute atomic E-state index is 0.979. The molecule has 0 aliphatic carbocycles. The Hall–Kier alpha value is -0.320. The van der Waals surface area contributed by atoms with Crippen LogP contribution >= 0.6 is 43.6 Å². The van der Waals surface area contributed by atoms with Gasteiger partial charge >= 0.3 is 0 Å². The normalized spacial score (nSPS) is 10.4. The second kappa shape index (κ2) is 5.34. The molecule has 2 aromatic rings. The first-order valence-corrected chi connectivity index (χ1v) is 7.11. The Morgan fingerprint density at radius 3 is 2.44 bits per heavy atom. The molecule has 0 fully saturated rings. The van der Waals surface area contributed by atoms with Gasteiger partial charge in [-0.2, -0.15) is 0 Å². The molecule has 1 nitrogen and oxygen atoms in total. The van der Waals surface area contributed by atoms with Crippen LogP contribution in [-0.2, 0) is 0 Å². The smallest absolute Gasteiger partial charge is 0.115 e. The molecule has 1 aromatic heterocycles. The van der Waals surface area contributed by atoms with E-state index in [9.17, 15) is 0 Å². The zero-order valence-electron chi connectivity index (χ0n) is 8.58. The molecule has 0 bridgehead atoms. The number of aryl methyl sites for hydroxylation is 1. The molecule has 0 aliphatic rings. The van der Waals surface area contributed by atoms with E-state index in [2.05, 4.69) is 68.0 Å². The summed E-state index contributed by atoms with van der Waals surface area (Å²) in [5.41, 5.74) is 1.27. The van der Waals surface area contributed by atoms with Crippen molar-refractivity contribution in [1.29, 1.82) is 0 Å². The monoisotopic (exact) mass is 357 g/mol. The molecule has 0 atom stereocenters. The van der Waals surface area contributed by atoms with Gasteiger partial charge in [0.25, 0.3) is 0 Å². The van der Waals surface area contributed by atoms with Crippen LogP contribution in [0.15, 0.2) is 55.4 Å². The molecular formula is C12H9Br2NS. The predicted octanol–water partition coefficient (Wildman–Crippen LogP) is 5.07. The van der Waals surface area contributed by atoms with Gasteiger partial charge in [-0.05, 0) is 57.0 Å². The number of halogens is 2. The SMILES string of the molecule is Cc1ccc(Sc2ncc(Br)cc2Br)cc1. The summed E-state index contributed by atoms with van der Waals surface area (Å²) < 4.78 is 1.99. The van der Waals surface area contributed by atoms with Gasteiger partial charge in [0.1, 0.15) is 5.03 Å². The fourth-order valence-corrected chi connectivity index (χ4v) is 3.18. The quantitative estimate of drug-likeness (QED) is 0.743. The summed E-state index contributed by atoms with van der Waals surface area (Å²) >= 11 is 8.55. The summed E-state index contributed by atoms with van der Waals surface area (Å²) in [6.07, 6.45) is 1.81. The van der Waals surface area contributed by atoms with Gasteiger partial charge in [-0.3, -0.25) is 0 Å². The highest BCUT2D eigenvalue weighted by molar-refractivity contribution is 9.11. The largest absolute Gasteiger partial charge is 0.247 e. The van der Waals surface area contributed by atoms with Gasteiger partial charge in [0, 0.05) is 15.6 Å². The average Bonchev–Trinajstić information content (AvgIpc) is 2.25. The van der Waals surface area contributed by atoms with Crippen molar-refractivity contribution in [2.75, 3.05) is 0 Å². The maximum Gasteiger partial charge on any atom is 0.115 e. The van der Waals surface area contributed by atoms with E-state index in [1.807, 2.05) is 6.07 Å². The lowest BCUT2D eigenvalue weighted by molar-refractivity contribution is 1.10. The highest BCUT2D eigenvalue weighted by Gasteiger charge is 2.04. The Morgan fingerprint density at radius 1 is 1.12 bits per heavy atom. The van der Waals surface area contributed by atoms with Crippen molar-refractivity contribution in [3.8, 4) is 0 Å². The number of hydrogen-bond acceptors (Lipinski definition) is 2. The van der Waals surface area contributed by atoms with Gasteiger partial charge in [0.2, 0.25) is 0 Å². The van der Waals surface area contributed by atoms with Gasteiger partial charge in [0.15, 0.2) is 0 Å². The summed E-state index contributed by atoms with van der Waals surface area (Å²) in [4.78, 5) is 5.56. The molecule has 1 aromatic carbocycles. The van der Waals surface area contributed by atoms with Crippen LogP contribution in [-0.4, -0.2) is 4.98 Å². The molecule has 4 heteroatoms. The Balaban J connectivity index is 2.23. The average molecular weight is 359 g/mol. The van der Waals surface area contributed by atoms with E-state index in [0.29, 0.717) is 0 Å². The molecule has 0 spiro atoms. The van der Waals surface area contributed by atoms with Crippen molar-refractivity contribution in [2.45, 2.75) is 16.8 Å². The van der Waals surface area contributed by atoms with Crippen molar-refractivity contribution in [2.24, 2.45) is 0 Å². The lowest BCUT2D eigenvalue weighted by atomic mass is 10.2. The van der Waals surface area contributed by atoms with Crippen LogP contribution in [0, 0.1) is 6.92 Å². The van der Waals surface area contributed by atoms with Gasteiger partial charge in [-0.1, -0.05) is 29.5 Å². The first kappa shape index (κ1) is 12.1. The van der Waals surface area contributed by atoms with Gasteiger partial charge in [0.05, 0.1) is 4.47 Å². The van der Waals surface area contributed by atoms with E-state index < -0.39 is 0 Å². The zero-order chi connectivity index (χ0) is 11.5. The molecule has 1 heterocycles. The Labute approximate surface area is 116 Å². The van der Waals surface area contributed by atoms with Gasteiger partial charge in [-0.15, -0.1) is 0 Å². The molecule has 82 valence electrons. The zero-order valence-corrected chi connectivity index (χ0v) is 12.6. The molecule has 0 saturated carbocycles. The summed E-state index contributed by atoms with van der Waals surface area (Å²) in [6, 6.07) is 10.4. The Kier molecular flexibility index (Phi) is 4.05. The highest BCUT2D eigenvalue weighted by atomic mass is 79.9. The molecular weight excluding hydrogens is 350 g/mol. The molecule has 0 amide bonds. The Bertz CT molecular complexity index is 497. The van der Waals surface area contributed by atoms with Crippen LogP contribution in [0.1, 0.15) is 5.56 Å². The lowest BCUT2D eigenvalue weighted by Crippen LogP contribution is -1.82. The second-order valence-corrected chi connectivity index (χ2v) is 6.19. The topological polar surface area (TPSA) is 12.9 Å². The van der Waals surface area contributed by atoms with Crippen molar-refractivity contribution < 1.29 is 0 Å². The maximum atomic E-state index is 4.36. The fourth-order valence-electron chi connectivity index (χ4n) is 1.20. The molecule has 0 aliphatic heterocycles. The van der Waals surface area contributed by atoms with Crippen LogP contribution in [0.4, 0.5) is 0 Å². The molecule has 0 saturated heterocycles. The summed E-state index contributed by atoms with van der Waals surface area (Å²) in [7, 11) is 0. The molecule has 2 rings (SSSR count). The van der Waals surface area contributed by atoms with Crippen molar-refractivity contribution in [1.82, 2.24) is 4.98 Å². The van der Waals surface area contributed by atoms with Gasteiger partial charge in [-0.25, -0.2) is 4.98 Å². The van der Waals surface area contributed by atoms with Crippen LogP contribution in [0.2, 0.25) is 0 Å². The first-order chi connectivity index (χ1) is 7.65. The summed E-state index contributed by atoms with van der Waals surface area (Å²) in [6.45, 7) is 2.09. The van der Waals surface area contributed by atoms with E-state index in [0.717, 1.165) is 14.0 Å². The second-order valence-electron chi connectivity index (χ2n) is 3.36. The third-order valence-corrected chi connectivity index (χ3v) is 4.34. The van der Waals surface area contributed by atoms with E-state index >= 15 is 0 Å². The number of benzene rings is 1. The van der Waals surface area contributed by atoms with E-state index in [1.165, 1.54) is 10.5 Å². The van der Waals surface area contributed by atoms with Crippen molar-refractivity contribution in [3.05, 3.63) is 51.0 Å². The molecule has 0 radical (unpaired) electrons. The first-order valence-electron chi connectivity index (χ1n) is 4.71. The van der Waals surface area contributed by atoms with E-state index in [1.54, 1.807) is 18.0 Å².